The third kappa shape index (κ3) is 12.0. The Labute approximate surface area is 422 Å². The van der Waals surface area contributed by atoms with Crippen molar-refractivity contribution in [2.45, 2.75) is 73.6 Å². The number of aliphatic hydroxyl groups is 4. The van der Waals surface area contributed by atoms with E-state index in [1.165, 1.54) is 10.9 Å². The van der Waals surface area contributed by atoms with E-state index < -0.39 is 161 Å². The second kappa shape index (κ2) is 20.9. The lowest BCUT2D eigenvalue weighted by molar-refractivity contribution is -0.0616. The van der Waals surface area contributed by atoms with Crippen molar-refractivity contribution >= 4 is 90.3 Å². The number of nitrogens with two attached hydrogens (primary N) is 3. The summed E-state index contributed by atoms with van der Waals surface area (Å²) in [5.41, 5.74) is 14.1. The summed E-state index contributed by atoms with van der Waals surface area (Å²) in [6, 6.07) is 0. The van der Waals surface area contributed by atoms with Gasteiger partial charge >= 0.3 is 39.1 Å². The largest absolute Gasteiger partial charge is 0.490 e. The van der Waals surface area contributed by atoms with Crippen molar-refractivity contribution in [1.29, 1.82) is 0 Å². The van der Waals surface area contributed by atoms with Crippen LogP contribution in [0.1, 0.15) is 18.7 Å². The van der Waals surface area contributed by atoms with Gasteiger partial charge < -0.3 is 81.2 Å². The number of nitrogens with one attached hydrogen (secondary N) is 2. The summed E-state index contributed by atoms with van der Waals surface area (Å²) in [6.07, 6.45) is -19.3. The normalized spacial score (nSPS) is 30.2. The second-order valence-corrected chi connectivity index (χ2v) is 23.6. The number of ether oxygens (including phenoxy) is 3. The Morgan fingerprint density at radius 2 is 0.935 bits per heavy atom. The number of rotatable bonds is 20. The Morgan fingerprint density at radius 1 is 0.519 bits per heavy atom. The van der Waals surface area contributed by atoms with E-state index in [4.69, 9.17) is 59.3 Å². The van der Waals surface area contributed by atoms with Crippen molar-refractivity contribution in [2.75, 3.05) is 37.0 Å². The van der Waals surface area contributed by atoms with Crippen molar-refractivity contribution in [1.82, 2.24) is 58.6 Å². The number of aromatic amines is 2. The Bertz CT molecular complexity index is 3590. The molecule has 3 saturated heterocycles. The minimum absolute atomic E-state index is 0.0306. The highest BCUT2D eigenvalue weighted by molar-refractivity contribution is 7.66. The summed E-state index contributed by atoms with van der Waals surface area (Å²) in [7, 11) is -29.3. The van der Waals surface area contributed by atoms with Crippen LogP contribution in [0.25, 0.3) is 33.5 Å². The van der Waals surface area contributed by atoms with Gasteiger partial charge in [-0.05, 0) is 0 Å². The molecule has 42 nitrogen and oxygen atoms in total. The van der Waals surface area contributed by atoms with Crippen LogP contribution >= 0.6 is 39.1 Å². The lowest BCUT2D eigenvalue weighted by Crippen LogP contribution is -2.38. The molecule has 4 unspecified atom stereocenters. The summed E-state index contributed by atoms with van der Waals surface area (Å²) >= 11 is 0. The Hall–Kier alpha value is -5.00. The number of hydrogen-bond acceptors (Lipinski definition) is 31. The van der Waals surface area contributed by atoms with Crippen LogP contribution in [0.2, 0.25) is 0 Å². The summed E-state index contributed by atoms with van der Waals surface area (Å²) in [5.74, 6) is -0.964. The van der Waals surface area contributed by atoms with Crippen LogP contribution in [0.15, 0.2) is 34.9 Å². The highest BCUT2D eigenvalue weighted by atomic mass is 31.3. The third-order valence-corrected chi connectivity index (χ3v) is 17.0. The van der Waals surface area contributed by atoms with Gasteiger partial charge in [0.2, 0.25) is 11.9 Å². The summed E-state index contributed by atoms with van der Waals surface area (Å²) in [5, 5.41) is 44.9. The molecule has 9 heterocycles. The summed E-state index contributed by atoms with van der Waals surface area (Å²) in [6.45, 7) is -3.76. The zero-order valence-electron chi connectivity index (χ0n) is 37.7. The van der Waals surface area contributed by atoms with E-state index in [1.807, 2.05) is 0 Å². The molecule has 0 radical (unpaired) electrons. The maximum atomic E-state index is 13.9. The molecule has 18 N–H and O–H groups in total. The van der Waals surface area contributed by atoms with E-state index in [-0.39, 0.29) is 33.8 Å². The molecule has 0 aliphatic carbocycles. The SMILES string of the molecule is Nc1nc2c(ncn2[C@@H]2O[C@H](COP(=O)(O)O[C@H]3[C@@H](O)[C@H](n4cnc5c(=O)[nH]c(N)nc54)O[C@@H]3COP(=O)(O)OP(=O)(O)OP(=O)(O)O)[C@@H](OP(=O)(O)OC[C@H]3O[C@@H](n4cnc5c(N)ncnc54)[C@H](O)[C@@H]3O)[C@H]2O)c(=O)[nH]1. The number of nitrogens with zero attached hydrogens (tertiary/aromatic N) is 10. The molecule has 422 valence electrons. The Kier molecular flexibility index (Phi) is 15.4. The van der Waals surface area contributed by atoms with Gasteiger partial charge in [-0.2, -0.15) is 18.6 Å². The number of aliphatic hydroxyl groups excluding tert-OH is 4. The van der Waals surface area contributed by atoms with Crippen molar-refractivity contribution < 1.29 is 118 Å². The molecule has 0 amide bonds. The number of fused-ring (bicyclic) bond motifs is 3. The molecule has 3 aliphatic rings. The molecule has 47 heteroatoms. The van der Waals surface area contributed by atoms with Crippen LogP contribution in [0.5, 0.6) is 0 Å². The number of phosphoric ester groups is 3. The van der Waals surface area contributed by atoms with Gasteiger partial charge in [-0.1, -0.05) is 0 Å². The first-order chi connectivity index (χ1) is 35.9. The topological polar surface area (TPSA) is 629 Å². The predicted octanol–water partition coefficient (Wildman–Crippen LogP) is -4.68. The van der Waals surface area contributed by atoms with Gasteiger partial charge in [0, 0.05) is 0 Å². The summed E-state index contributed by atoms with van der Waals surface area (Å²) in [4.78, 5) is 117. The molecule has 77 heavy (non-hydrogen) atoms. The monoisotopic (exact) mass is 1200 g/mol. The average Bonchev–Trinajstić information content (AvgIpc) is 4.18. The van der Waals surface area contributed by atoms with E-state index in [0.717, 1.165) is 28.1 Å². The predicted molar refractivity (Wildman–Crippen MR) is 242 cm³/mol. The zero-order valence-corrected chi connectivity index (χ0v) is 42.2. The third-order valence-electron chi connectivity index (χ3n) is 11.2. The van der Waals surface area contributed by atoms with Gasteiger partial charge in [-0.3, -0.25) is 55.9 Å². The van der Waals surface area contributed by atoms with Gasteiger partial charge in [0.15, 0.2) is 52.5 Å². The van der Waals surface area contributed by atoms with Gasteiger partial charge in [0.1, 0.15) is 66.8 Å². The Morgan fingerprint density at radius 3 is 1.42 bits per heavy atom. The quantitative estimate of drug-likeness (QED) is 0.0320. The molecular weight excluding hydrogens is 1160 g/mol. The molecule has 0 spiro atoms. The van der Waals surface area contributed by atoms with E-state index in [9.17, 15) is 72.4 Å². The number of phosphoric acid groups is 5. The fraction of sp³-hybridized carbons (Fsp3) is 0.500. The van der Waals surface area contributed by atoms with Crippen molar-refractivity contribution in [3.05, 3.63) is 46.0 Å². The van der Waals surface area contributed by atoms with E-state index in [1.54, 1.807) is 0 Å². The first-order valence-electron chi connectivity index (χ1n) is 21.1. The average molecular weight is 1200 g/mol. The lowest BCUT2D eigenvalue weighted by Gasteiger charge is -2.26. The van der Waals surface area contributed by atoms with Crippen LogP contribution in [0.3, 0.4) is 0 Å². The van der Waals surface area contributed by atoms with Crippen molar-refractivity contribution in [3.8, 4) is 0 Å². The van der Waals surface area contributed by atoms with Crippen LogP contribution in [0.4, 0.5) is 17.7 Å². The molecule has 3 aliphatic heterocycles. The Balaban J connectivity index is 0.948. The van der Waals surface area contributed by atoms with Gasteiger partial charge in [0.25, 0.3) is 11.1 Å². The second-order valence-electron chi connectivity index (χ2n) is 16.3. The van der Waals surface area contributed by atoms with Crippen LogP contribution in [-0.2, 0) is 68.3 Å². The molecule has 6 aromatic heterocycles. The molecule has 0 saturated carbocycles. The standard InChI is InChI=1S/C30H40N15O27P5/c31-20-11-21(35-4-34-20)43(5-36-11)26-15(47)14(46)8(66-26)1-63-74(55,56)69-18-9(67-27(16(18)48)44-6-37-12-22(44)39-29(32)41-24(12)50)2-64-75(57,58)70-19-10(3-65-76(59,60)72-77(61,62)71-73(52,53)54)68-28(17(19)49)45-7-38-13-23(45)40-30(33)42-25(13)51/h4-10,14-19,26-28,46-49H,1-3H2,(H,55,56)(H,57,58)(H,59,60)(H,61,62)(H2,31,34,35)(H2,52,53,54)(H3,32,39,41,50)(H3,33,40,42,51)/t8-,9-,10-,14-,15-,16-,17-,18-,19-,26-,27-,28-/m1/s1. The molecule has 6 aromatic rings. The fourth-order valence-electron chi connectivity index (χ4n) is 8.01. The van der Waals surface area contributed by atoms with Gasteiger partial charge in [-0.25, -0.2) is 47.7 Å². The molecular formula is C30H40N15O27P5. The van der Waals surface area contributed by atoms with Crippen LogP contribution < -0.4 is 28.3 Å². The van der Waals surface area contributed by atoms with Crippen LogP contribution in [-0.4, -0.2) is 183 Å². The van der Waals surface area contributed by atoms with Crippen molar-refractivity contribution in [2.24, 2.45) is 0 Å². The zero-order chi connectivity index (χ0) is 55.9. The minimum atomic E-state index is -6.10. The maximum Gasteiger partial charge on any atom is 0.490 e. The smallest absolute Gasteiger partial charge is 0.387 e. The number of aromatic nitrogens is 12. The highest BCUT2D eigenvalue weighted by Gasteiger charge is 2.54. The first-order valence-corrected chi connectivity index (χ1v) is 28.6. The number of nitrogen functional groups attached to an aromatic ring is 3. The maximum absolute atomic E-state index is 13.9. The highest BCUT2D eigenvalue weighted by Crippen LogP contribution is 2.66. The van der Waals surface area contributed by atoms with E-state index in [0.29, 0.717) is 0 Å². The summed E-state index contributed by atoms with van der Waals surface area (Å²) < 4.78 is 116. The number of hydrogen-bond donors (Lipinski definition) is 15. The lowest BCUT2D eigenvalue weighted by atomic mass is 10.1. The number of H-pyrrole nitrogens is 2. The number of imidazole rings is 3. The molecule has 9 rings (SSSR count). The fourth-order valence-corrected chi connectivity index (χ4v) is 13.0. The van der Waals surface area contributed by atoms with E-state index >= 15 is 0 Å². The van der Waals surface area contributed by atoms with E-state index in [2.05, 4.69) is 58.0 Å². The van der Waals surface area contributed by atoms with Gasteiger partial charge in [0.05, 0.1) is 38.8 Å². The van der Waals surface area contributed by atoms with Gasteiger partial charge in [-0.15, -0.1) is 0 Å². The first kappa shape index (κ1) is 56.7. The molecule has 16 atom stereocenters. The molecule has 0 bridgehead atoms. The number of anilines is 3. The minimum Gasteiger partial charge on any atom is -0.387 e. The van der Waals surface area contributed by atoms with Crippen LogP contribution in [0, 0.1) is 0 Å². The molecule has 0 aromatic carbocycles. The molecule has 3 fully saturated rings. The van der Waals surface area contributed by atoms with Crippen molar-refractivity contribution in [3.63, 3.8) is 0 Å².